The number of carbonyl (C=O) groups is 2. The fraction of sp³-hybridized carbons (Fsp3) is 0.231. The van der Waals surface area contributed by atoms with Gasteiger partial charge in [0.1, 0.15) is 5.75 Å². The Bertz CT molecular complexity index is 1030. The van der Waals surface area contributed by atoms with E-state index in [9.17, 15) is 9.59 Å². The second kappa shape index (κ2) is 9.94. The predicted octanol–water partition coefficient (Wildman–Crippen LogP) is 4.47. The smallest absolute Gasteiger partial charge is 0.344 e. The molecule has 0 aliphatic heterocycles. The van der Waals surface area contributed by atoms with E-state index >= 15 is 0 Å². The molecule has 3 aromatic rings. The van der Waals surface area contributed by atoms with Gasteiger partial charge >= 0.3 is 5.97 Å². The summed E-state index contributed by atoms with van der Waals surface area (Å²) in [6.45, 7) is -0.558. The van der Waals surface area contributed by atoms with E-state index in [0.29, 0.717) is 5.75 Å². The predicted molar refractivity (Wildman–Crippen MR) is 119 cm³/mol. The number of aryl methyl sites for hydroxylation is 1. The van der Waals surface area contributed by atoms with E-state index in [1.807, 2.05) is 72.8 Å². The zero-order valence-electron chi connectivity index (χ0n) is 17.3. The first kappa shape index (κ1) is 20.7. The average molecular weight is 415 g/mol. The maximum absolute atomic E-state index is 12.2. The lowest BCUT2D eigenvalue weighted by Crippen LogP contribution is -2.34. The van der Waals surface area contributed by atoms with Crippen molar-refractivity contribution in [3.8, 4) is 16.9 Å². The molecule has 31 heavy (non-hydrogen) atoms. The fourth-order valence-electron chi connectivity index (χ4n) is 3.84. The molecule has 3 aromatic carbocycles. The summed E-state index contributed by atoms with van der Waals surface area (Å²) in [5.41, 5.74) is 4.59. The lowest BCUT2D eigenvalue weighted by Gasteiger charge is -2.26. The minimum atomic E-state index is -0.577. The third-order valence-corrected chi connectivity index (χ3v) is 5.39. The van der Waals surface area contributed by atoms with E-state index in [1.165, 1.54) is 5.56 Å². The summed E-state index contributed by atoms with van der Waals surface area (Å²) in [4.78, 5) is 24.2. The van der Waals surface area contributed by atoms with Gasteiger partial charge in [0, 0.05) is 0 Å². The molecule has 5 heteroatoms. The van der Waals surface area contributed by atoms with Crippen LogP contribution in [0.3, 0.4) is 0 Å². The summed E-state index contributed by atoms with van der Waals surface area (Å²) in [7, 11) is 0. The lowest BCUT2D eigenvalue weighted by molar-refractivity contribution is -0.150. The maximum Gasteiger partial charge on any atom is 0.344 e. The van der Waals surface area contributed by atoms with E-state index in [2.05, 4.69) is 11.4 Å². The first-order chi connectivity index (χ1) is 15.2. The number of hydrogen-bond acceptors (Lipinski definition) is 4. The van der Waals surface area contributed by atoms with Crippen LogP contribution in [-0.4, -0.2) is 25.1 Å². The molecule has 1 amide bonds. The summed E-state index contributed by atoms with van der Waals surface area (Å²) in [5, 5.41) is 2.97. The molecule has 4 rings (SSSR count). The van der Waals surface area contributed by atoms with Gasteiger partial charge in [0.15, 0.2) is 13.2 Å². The summed E-state index contributed by atoms with van der Waals surface area (Å²) < 4.78 is 10.6. The van der Waals surface area contributed by atoms with Gasteiger partial charge in [-0.3, -0.25) is 4.79 Å². The van der Waals surface area contributed by atoms with Crippen molar-refractivity contribution in [1.29, 1.82) is 0 Å². The molecule has 1 aliphatic carbocycles. The van der Waals surface area contributed by atoms with Crippen LogP contribution in [0.5, 0.6) is 5.75 Å². The highest BCUT2D eigenvalue weighted by molar-refractivity contribution is 5.81. The van der Waals surface area contributed by atoms with Crippen LogP contribution >= 0.6 is 0 Å². The molecule has 0 bridgehead atoms. The number of esters is 1. The zero-order valence-corrected chi connectivity index (χ0v) is 17.3. The van der Waals surface area contributed by atoms with Crippen molar-refractivity contribution < 1.29 is 19.1 Å². The number of amides is 1. The second-order valence-electron chi connectivity index (χ2n) is 7.55. The average Bonchev–Trinajstić information content (AvgIpc) is 2.82. The Kier molecular flexibility index (Phi) is 6.62. The SMILES string of the molecule is O=C(COC(=O)COc1ccc(-c2ccccc2)cc1)NC1CCCc2ccccc21. The highest BCUT2D eigenvalue weighted by Gasteiger charge is 2.21. The Morgan fingerprint density at radius 3 is 2.35 bits per heavy atom. The molecule has 1 aliphatic rings. The van der Waals surface area contributed by atoms with E-state index in [4.69, 9.17) is 9.47 Å². The minimum absolute atomic E-state index is 0.0319. The van der Waals surface area contributed by atoms with Gasteiger partial charge in [-0.2, -0.15) is 0 Å². The minimum Gasteiger partial charge on any atom is -0.482 e. The molecular formula is C26H25NO4. The molecule has 0 heterocycles. The molecule has 0 fully saturated rings. The van der Waals surface area contributed by atoms with Crippen molar-refractivity contribution in [3.63, 3.8) is 0 Å². The van der Waals surface area contributed by atoms with Crippen LogP contribution in [0.15, 0.2) is 78.9 Å². The largest absolute Gasteiger partial charge is 0.482 e. The standard InChI is InChI=1S/C26H25NO4/c28-25(27-24-12-6-10-21-9-4-5-11-23(21)24)17-31-26(29)18-30-22-15-13-20(14-16-22)19-7-2-1-3-8-19/h1-5,7-9,11,13-16,24H,6,10,12,17-18H2,(H,27,28). The second-order valence-corrected chi connectivity index (χ2v) is 7.55. The zero-order chi connectivity index (χ0) is 21.5. The Balaban J connectivity index is 1.21. The third-order valence-electron chi connectivity index (χ3n) is 5.39. The molecule has 0 spiro atoms. The number of rotatable bonds is 7. The summed E-state index contributed by atoms with van der Waals surface area (Å²) in [5.74, 6) is -0.312. The number of fused-ring (bicyclic) bond motifs is 1. The van der Waals surface area contributed by atoms with Gasteiger partial charge in [0.25, 0.3) is 5.91 Å². The van der Waals surface area contributed by atoms with Gasteiger partial charge in [-0.1, -0.05) is 66.7 Å². The number of hydrogen-bond donors (Lipinski definition) is 1. The van der Waals surface area contributed by atoms with Gasteiger partial charge in [0.2, 0.25) is 0 Å². The van der Waals surface area contributed by atoms with Crippen molar-refractivity contribution in [1.82, 2.24) is 5.32 Å². The molecule has 0 saturated carbocycles. The topological polar surface area (TPSA) is 64.6 Å². The third kappa shape index (κ3) is 5.51. The molecule has 1 N–H and O–H groups in total. The number of nitrogens with one attached hydrogen (secondary N) is 1. The van der Waals surface area contributed by atoms with Gasteiger partial charge in [-0.25, -0.2) is 4.79 Å². The number of ether oxygens (including phenoxy) is 2. The monoisotopic (exact) mass is 415 g/mol. The van der Waals surface area contributed by atoms with Gasteiger partial charge in [-0.15, -0.1) is 0 Å². The van der Waals surface area contributed by atoms with Crippen LogP contribution in [0.4, 0.5) is 0 Å². The van der Waals surface area contributed by atoms with Crippen LogP contribution in [0.2, 0.25) is 0 Å². The van der Waals surface area contributed by atoms with Crippen LogP contribution in [-0.2, 0) is 20.7 Å². The highest BCUT2D eigenvalue weighted by Crippen LogP contribution is 2.29. The first-order valence-corrected chi connectivity index (χ1v) is 10.5. The number of carbonyl (C=O) groups excluding carboxylic acids is 2. The fourth-order valence-corrected chi connectivity index (χ4v) is 3.84. The van der Waals surface area contributed by atoms with Crippen LogP contribution in [0.25, 0.3) is 11.1 Å². The van der Waals surface area contributed by atoms with Crippen molar-refractivity contribution >= 4 is 11.9 Å². The molecular weight excluding hydrogens is 390 g/mol. The Morgan fingerprint density at radius 2 is 1.55 bits per heavy atom. The van der Waals surface area contributed by atoms with E-state index < -0.39 is 5.97 Å². The van der Waals surface area contributed by atoms with Crippen molar-refractivity contribution in [2.45, 2.75) is 25.3 Å². The van der Waals surface area contributed by atoms with Crippen LogP contribution in [0, 0.1) is 0 Å². The van der Waals surface area contributed by atoms with Crippen LogP contribution < -0.4 is 10.1 Å². The van der Waals surface area contributed by atoms with E-state index in [0.717, 1.165) is 36.0 Å². The van der Waals surface area contributed by atoms with Crippen molar-refractivity contribution in [2.24, 2.45) is 0 Å². The van der Waals surface area contributed by atoms with E-state index in [-0.39, 0.29) is 25.2 Å². The summed E-state index contributed by atoms with van der Waals surface area (Å²) in [6, 6.07) is 25.6. The molecule has 5 nitrogen and oxygen atoms in total. The Hall–Kier alpha value is -3.60. The molecule has 0 aromatic heterocycles. The van der Waals surface area contributed by atoms with Crippen molar-refractivity contribution in [2.75, 3.05) is 13.2 Å². The highest BCUT2D eigenvalue weighted by atomic mass is 16.6. The quantitative estimate of drug-likeness (QED) is 0.579. The maximum atomic E-state index is 12.2. The molecule has 0 saturated heterocycles. The molecule has 158 valence electrons. The van der Waals surface area contributed by atoms with Gasteiger partial charge < -0.3 is 14.8 Å². The van der Waals surface area contributed by atoms with Gasteiger partial charge in [-0.05, 0) is 53.6 Å². The molecule has 1 atom stereocenters. The van der Waals surface area contributed by atoms with Crippen molar-refractivity contribution in [3.05, 3.63) is 90.0 Å². The number of benzene rings is 3. The normalized spacial score (nSPS) is 14.9. The Morgan fingerprint density at radius 1 is 0.839 bits per heavy atom. The first-order valence-electron chi connectivity index (χ1n) is 10.5. The molecule has 0 radical (unpaired) electrons. The summed E-state index contributed by atoms with van der Waals surface area (Å²) >= 11 is 0. The van der Waals surface area contributed by atoms with Gasteiger partial charge in [0.05, 0.1) is 6.04 Å². The summed E-state index contributed by atoms with van der Waals surface area (Å²) in [6.07, 6.45) is 2.94. The molecule has 1 unspecified atom stereocenters. The Labute approximate surface area is 182 Å². The lowest BCUT2D eigenvalue weighted by atomic mass is 9.88. The van der Waals surface area contributed by atoms with E-state index in [1.54, 1.807) is 0 Å². The van der Waals surface area contributed by atoms with Crippen LogP contribution in [0.1, 0.15) is 30.0 Å².